The van der Waals surface area contributed by atoms with Crippen molar-refractivity contribution >= 4 is 17.8 Å². The molecule has 0 spiro atoms. The number of nitrogens with zero attached hydrogens (tertiary/aromatic N) is 1. The normalized spacial score (nSPS) is 18.5. The van der Waals surface area contributed by atoms with E-state index in [9.17, 15) is 24.6 Å². The van der Waals surface area contributed by atoms with Gasteiger partial charge in [-0.2, -0.15) is 0 Å². The third kappa shape index (κ3) is 2.35. The largest absolute Gasteiger partial charge is 0.507 e. The van der Waals surface area contributed by atoms with Gasteiger partial charge in [-0.15, -0.1) is 0 Å². The van der Waals surface area contributed by atoms with E-state index in [0.29, 0.717) is 0 Å². The van der Waals surface area contributed by atoms with E-state index in [1.165, 1.54) is 18.2 Å². The predicted octanol–water partition coefficient (Wildman–Crippen LogP) is -0.877. The van der Waals surface area contributed by atoms with Gasteiger partial charge in [0.25, 0.3) is 5.91 Å². The maximum Gasteiger partial charge on any atom is 0.328 e. The topological polar surface area (TPSA) is 127 Å². The highest BCUT2D eigenvalue weighted by molar-refractivity contribution is 6.03. The number of hydrogen-bond donors (Lipinski definition) is 4. The standard InChI is InChI=1S/C12H12N2O6/c15-7-2-1-3-8(16)10(7)11(18)14-5-9(17)13-4-6(14)12(19)20/h1-3,6,15-16H,4-5H2,(H,13,17)(H,19,20). The Hall–Kier alpha value is -2.77. The van der Waals surface area contributed by atoms with Crippen molar-refractivity contribution in [1.29, 1.82) is 0 Å². The zero-order valence-electron chi connectivity index (χ0n) is 10.2. The van der Waals surface area contributed by atoms with Crippen molar-refractivity contribution in [2.24, 2.45) is 0 Å². The average molecular weight is 280 g/mol. The van der Waals surface area contributed by atoms with Crippen LogP contribution in [0.15, 0.2) is 18.2 Å². The Balaban J connectivity index is 2.39. The van der Waals surface area contributed by atoms with Crippen LogP contribution in [0.1, 0.15) is 10.4 Å². The van der Waals surface area contributed by atoms with Crippen molar-refractivity contribution < 1.29 is 29.7 Å². The number of aromatic hydroxyl groups is 2. The second-order valence-electron chi connectivity index (χ2n) is 4.26. The molecular weight excluding hydrogens is 268 g/mol. The van der Waals surface area contributed by atoms with Gasteiger partial charge in [0.2, 0.25) is 5.91 Å². The van der Waals surface area contributed by atoms with Crippen LogP contribution in [0.3, 0.4) is 0 Å². The summed E-state index contributed by atoms with van der Waals surface area (Å²) in [5.74, 6) is -3.67. The minimum atomic E-state index is -1.28. The van der Waals surface area contributed by atoms with E-state index >= 15 is 0 Å². The highest BCUT2D eigenvalue weighted by Crippen LogP contribution is 2.28. The van der Waals surface area contributed by atoms with Gasteiger partial charge in [0.1, 0.15) is 29.6 Å². The molecule has 0 aliphatic carbocycles. The van der Waals surface area contributed by atoms with Crippen molar-refractivity contribution in [2.45, 2.75) is 6.04 Å². The highest BCUT2D eigenvalue weighted by atomic mass is 16.4. The SMILES string of the molecule is O=C1CN(C(=O)c2c(O)cccc2O)C(C(=O)O)CN1. The van der Waals surface area contributed by atoms with Crippen LogP contribution < -0.4 is 5.32 Å². The summed E-state index contributed by atoms with van der Waals surface area (Å²) in [6.07, 6.45) is 0. The first kappa shape index (κ1) is 13.7. The lowest BCUT2D eigenvalue weighted by atomic mass is 10.1. The fourth-order valence-electron chi connectivity index (χ4n) is 1.97. The number of phenolic OH excluding ortho intramolecular Hbond substituents is 2. The lowest BCUT2D eigenvalue weighted by molar-refractivity contribution is -0.144. The lowest BCUT2D eigenvalue weighted by Crippen LogP contribution is -2.59. The zero-order chi connectivity index (χ0) is 14.9. The number of amides is 2. The average Bonchev–Trinajstić information content (AvgIpc) is 2.37. The molecule has 0 bridgehead atoms. The number of carboxylic acids is 1. The molecule has 20 heavy (non-hydrogen) atoms. The molecule has 1 aromatic carbocycles. The number of piperazine rings is 1. The van der Waals surface area contributed by atoms with E-state index in [2.05, 4.69) is 5.32 Å². The van der Waals surface area contributed by atoms with E-state index in [1.807, 2.05) is 0 Å². The summed E-state index contributed by atoms with van der Waals surface area (Å²) < 4.78 is 0. The van der Waals surface area contributed by atoms with Gasteiger partial charge in [0.05, 0.1) is 0 Å². The van der Waals surface area contributed by atoms with Gasteiger partial charge in [0.15, 0.2) is 0 Å². The number of phenols is 2. The molecule has 106 valence electrons. The van der Waals surface area contributed by atoms with Crippen LogP contribution in [0.2, 0.25) is 0 Å². The lowest BCUT2D eigenvalue weighted by Gasteiger charge is -2.32. The summed E-state index contributed by atoms with van der Waals surface area (Å²) in [5, 5.41) is 30.7. The second-order valence-corrected chi connectivity index (χ2v) is 4.26. The number of benzene rings is 1. The Morgan fingerprint density at radius 2 is 1.85 bits per heavy atom. The second kappa shape index (κ2) is 5.08. The maximum absolute atomic E-state index is 12.3. The molecule has 4 N–H and O–H groups in total. The molecule has 8 nitrogen and oxygen atoms in total. The molecule has 1 fully saturated rings. The molecule has 0 aromatic heterocycles. The Kier molecular flexibility index (Phi) is 3.47. The number of aliphatic carboxylic acids is 1. The Morgan fingerprint density at radius 1 is 1.25 bits per heavy atom. The summed E-state index contributed by atoms with van der Waals surface area (Å²) in [6, 6.07) is 2.46. The van der Waals surface area contributed by atoms with Crippen molar-refractivity contribution in [3.63, 3.8) is 0 Å². The number of hydrogen-bond acceptors (Lipinski definition) is 5. The first-order chi connectivity index (χ1) is 9.41. The van der Waals surface area contributed by atoms with E-state index in [-0.39, 0.29) is 6.54 Å². The molecule has 1 aromatic rings. The molecule has 0 saturated carbocycles. The number of nitrogens with one attached hydrogen (secondary N) is 1. The molecule has 0 radical (unpaired) electrons. The molecule has 2 amide bonds. The van der Waals surface area contributed by atoms with E-state index in [4.69, 9.17) is 5.11 Å². The first-order valence-corrected chi connectivity index (χ1v) is 5.73. The van der Waals surface area contributed by atoms with Crippen LogP contribution >= 0.6 is 0 Å². The molecule has 1 unspecified atom stereocenters. The van der Waals surface area contributed by atoms with Crippen LogP contribution in [0.25, 0.3) is 0 Å². The third-order valence-electron chi connectivity index (χ3n) is 2.96. The number of carbonyl (C=O) groups excluding carboxylic acids is 2. The molecule has 2 rings (SSSR count). The minimum Gasteiger partial charge on any atom is -0.507 e. The Labute approximate surface area is 113 Å². The summed E-state index contributed by atoms with van der Waals surface area (Å²) in [6.45, 7) is -0.683. The summed E-state index contributed by atoms with van der Waals surface area (Å²) in [4.78, 5) is 35.5. The maximum atomic E-state index is 12.3. The molecule has 1 heterocycles. The van der Waals surface area contributed by atoms with Gasteiger partial charge in [-0.05, 0) is 12.1 Å². The first-order valence-electron chi connectivity index (χ1n) is 5.73. The smallest absolute Gasteiger partial charge is 0.328 e. The fourth-order valence-corrected chi connectivity index (χ4v) is 1.97. The van der Waals surface area contributed by atoms with Crippen LogP contribution in [0, 0.1) is 0 Å². The predicted molar refractivity (Wildman–Crippen MR) is 65.2 cm³/mol. The zero-order valence-corrected chi connectivity index (χ0v) is 10.2. The minimum absolute atomic E-state index is 0.228. The number of rotatable bonds is 2. The third-order valence-corrected chi connectivity index (χ3v) is 2.96. The van der Waals surface area contributed by atoms with Gasteiger partial charge < -0.3 is 25.5 Å². The van der Waals surface area contributed by atoms with Crippen molar-refractivity contribution in [3.05, 3.63) is 23.8 Å². The monoisotopic (exact) mass is 280 g/mol. The molecule has 1 aliphatic heterocycles. The van der Waals surface area contributed by atoms with E-state index in [0.717, 1.165) is 4.90 Å². The van der Waals surface area contributed by atoms with Gasteiger partial charge in [-0.25, -0.2) is 4.79 Å². The molecule has 8 heteroatoms. The Bertz CT molecular complexity index is 565. The highest BCUT2D eigenvalue weighted by Gasteiger charge is 2.37. The summed E-state index contributed by atoms with van der Waals surface area (Å²) in [7, 11) is 0. The fraction of sp³-hybridized carbons (Fsp3) is 0.250. The van der Waals surface area contributed by atoms with Crippen molar-refractivity contribution in [2.75, 3.05) is 13.1 Å². The summed E-state index contributed by atoms with van der Waals surface area (Å²) >= 11 is 0. The van der Waals surface area contributed by atoms with Gasteiger partial charge in [-0.1, -0.05) is 6.07 Å². The summed E-state index contributed by atoms with van der Waals surface area (Å²) in [5.41, 5.74) is -0.423. The van der Waals surface area contributed by atoms with Crippen LogP contribution in [0.4, 0.5) is 0 Å². The molecule has 1 saturated heterocycles. The van der Waals surface area contributed by atoms with Crippen LogP contribution in [0.5, 0.6) is 11.5 Å². The number of carbonyl (C=O) groups is 3. The molecule has 1 aliphatic rings. The van der Waals surface area contributed by atoms with Crippen LogP contribution in [-0.4, -0.2) is 57.1 Å². The van der Waals surface area contributed by atoms with Gasteiger partial charge in [0, 0.05) is 6.54 Å². The van der Waals surface area contributed by atoms with E-state index in [1.54, 1.807) is 0 Å². The van der Waals surface area contributed by atoms with Gasteiger partial charge in [-0.3, -0.25) is 9.59 Å². The molecular formula is C12H12N2O6. The van der Waals surface area contributed by atoms with Crippen molar-refractivity contribution in [3.8, 4) is 11.5 Å². The van der Waals surface area contributed by atoms with Crippen LogP contribution in [-0.2, 0) is 9.59 Å². The van der Waals surface area contributed by atoms with Gasteiger partial charge >= 0.3 is 5.97 Å². The Morgan fingerprint density at radius 3 is 2.40 bits per heavy atom. The quantitative estimate of drug-likeness (QED) is 0.557. The molecule has 1 atom stereocenters. The van der Waals surface area contributed by atoms with E-state index < -0.39 is 47.4 Å². The number of carboxylic acid groups (broad SMARTS) is 1. The van der Waals surface area contributed by atoms with Crippen molar-refractivity contribution in [1.82, 2.24) is 10.2 Å².